The maximum atomic E-state index is 11.2. The van der Waals surface area contributed by atoms with Crippen LogP contribution in [0.5, 0.6) is 0 Å². The number of rotatable bonds is 2. The smallest absolute Gasteiger partial charge is 0.337 e. The van der Waals surface area contributed by atoms with E-state index in [1.807, 2.05) is 11.0 Å². The van der Waals surface area contributed by atoms with Crippen molar-refractivity contribution in [1.29, 1.82) is 5.26 Å². The summed E-state index contributed by atoms with van der Waals surface area (Å²) in [5, 5.41) is 18.5. The normalized spacial score (nSPS) is 19.3. The molecule has 0 radical (unpaired) electrons. The van der Waals surface area contributed by atoms with Crippen LogP contribution in [0.15, 0.2) is 18.2 Å². The third-order valence-electron chi connectivity index (χ3n) is 2.74. The number of carbonyl (C=O) groups is 1. The molecule has 0 spiro atoms. The summed E-state index contributed by atoms with van der Waals surface area (Å²) in [7, 11) is 0. The first-order valence-corrected chi connectivity index (χ1v) is 5.78. The molecule has 1 N–H and O–H groups in total. The second kappa shape index (κ2) is 5.25. The summed E-state index contributed by atoms with van der Waals surface area (Å²) < 4.78 is 5.23. The topological polar surface area (TPSA) is 73.6 Å². The van der Waals surface area contributed by atoms with Gasteiger partial charge in [-0.05, 0) is 18.2 Å². The predicted molar refractivity (Wildman–Crippen MR) is 66.0 cm³/mol. The predicted octanol–water partition coefficient (Wildman–Crippen LogP) is 1.77. The van der Waals surface area contributed by atoms with Crippen LogP contribution < -0.4 is 4.90 Å². The Bertz CT molecular complexity index is 513. The molecule has 2 rings (SSSR count). The molecule has 0 aliphatic carbocycles. The molecule has 6 heteroatoms. The molecule has 0 bridgehead atoms. The summed E-state index contributed by atoms with van der Waals surface area (Å²) in [6.45, 7) is 1.28. The zero-order valence-electron chi connectivity index (χ0n) is 9.47. The molecule has 1 aromatic carbocycles. The number of nitrogens with zero attached hydrogens (tertiary/aromatic N) is 2. The number of nitriles is 1. The number of hydrogen-bond acceptors (Lipinski definition) is 4. The molecule has 1 atom stereocenters. The number of aromatic carboxylic acids is 1. The highest BCUT2D eigenvalue weighted by atomic mass is 35.5. The average Bonchev–Trinajstić information content (AvgIpc) is 2.38. The summed E-state index contributed by atoms with van der Waals surface area (Å²) >= 11 is 5.90. The maximum Gasteiger partial charge on any atom is 0.337 e. The van der Waals surface area contributed by atoms with Crippen LogP contribution in [0.2, 0.25) is 5.02 Å². The van der Waals surface area contributed by atoms with Gasteiger partial charge in [0.1, 0.15) is 0 Å². The van der Waals surface area contributed by atoms with E-state index in [0.717, 1.165) is 0 Å². The number of hydrogen-bond donors (Lipinski definition) is 1. The van der Waals surface area contributed by atoms with Gasteiger partial charge in [0.15, 0.2) is 6.10 Å². The number of carboxylic acids is 1. The molecule has 94 valence electrons. The standard InChI is InChI=1S/C12H11ClN2O3/c13-8-1-2-10(12(16)17)11(5-8)15-3-4-18-9(6-14)7-15/h1-2,5,9H,3-4,7H2,(H,16,17). The number of anilines is 1. The van der Waals surface area contributed by atoms with Crippen molar-refractivity contribution in [3.63, 3.8) is 0 Å². The van der Waals surface area contributed by atoms with Gasteiger partial charge in [0.2, 0.25) is 0 Å². The Morgan fingerprint density at radius 1 is 1.61 bits per heavy atom. The Morgan fingerprint density at radius 3 is 3.06 bits per heavy atom. The van der Waals surface area contributed by atoms with Crippen LogP contribution in [0.4, 0.5) is 5.69 Å². The van der Waals surface area contributed by atoms with E-state index >= 15 is 0 Å². The quantitative estimate of drug-likeness (QED) is 0.883. The number of halogens is 1. The number of ether oxygens (including phenoxy) is 1. The first-order valence-electron chi connectivity index (χ1n) is 5.41. The highest BCUT2D eigenvalue weighted by molar-refractivity contribution is 6.31. The summed E-state index contributed by atoms with van der Waals surface area (Å²) in [6.07, 6.45) is -0.542. The molecule has 1 heterocycles. The Kier molecular flexibility index (Phi) is 3.70. The van der Waals surface area contributed by atoms with Gasteiger partial charge >= 0.3 is 5.97 Å². The van der Waals surface area contributed by atoms with Gasteiger partial charge in [0.05, 0.1) is 30.5 Å². The highest BCUT2D eigenvalue weighted by Crippen LogP contribution is 2.26. The summed E-state index contributed by atoms with van der Waals surface area (Å²) in [4.78, 5) is 13.0. The molecule has 1 unspecified atom stereocenters. The second-order valence-corrected chi connectivity index (χ2v) is 4.34. The molecule has 1 fully saturated rings. The van der Waals surface area contributed by atoms with Gasteiger partial charge in [-0.2, -0.15) is 5.26 Å². The minimum Gasteiger partial charge on any atom is -0.478 e. The van der Waals surface area contributed by atoms with Crippen molar-refractivity contribution in [2.75, 3.05) is 24.6 Å². The molecule has 1 saturated heterocycles. The Balaban J connectivity index is 2.34. The summed E-state index contributed by atoms with van der Waals surface area (Å²) in [5.41, 5.74) is 0.705. The van der Waals surface area contributed by atoms with E-state index in [4.69, 9.17) is 26.7 Å². The van der Waals surface area contributed by atoms with E-state index in [-0.39, 0.29) is 5.56 Å². The molecular formula is C12H11ClN2O3. The number of morpholine rings is 1. The van der Waals surface area contributed by atoms with E-state index in [9.17, 15) is 4.79 Å². The van der Waals surface area contributed by atoms with E-state index in [0.29, 0.717) is 30.4 Å². The van der Waals surface area contributed by atoms with Crippen molar-refractivity contribution < 1.29 is 14.6 Å². The third-order valence-corrected chi connectivity index (χ3v) is 2.98. The van der Waals surface area contributed by atoms with Crippen LogP contribution in [-0.2, 0) is 4.74 Å². The van der Waals surface area contributed by atoms with Crippen LogP contribution in [0, 0.1) is 11.3 Å². The molecule has 1 aliphatic rings. The minimum absolute atomic E-state index is 0.179. The van der Waals surface area contributed by atoms with Crippen LogP contribution in [-0.4, -0.2) is 36.9 Å². The maximum absolute atomic E-state index is 11.2. The molecule has 5 nitrogen and oxygen atoms in total. The van der Waals surface area contributed by atoms with E-state index < -0.39 is 12.1 Å². The Labute approximate surface area is 109 Å². The molecule has 0 amide bonds. The molecule has 1 aromatic rings. The van der Waals surface area contributed by atoms with Gasteiger partial charge in [-0.1, -0.05) is 11.6 Å². The SMILES string of the molecule is N#CC1CN(c2cc(Cl)ccc2C(=O)O)CCO1. The van der Waals surface area contributed by atoms with E-state index in [2.05, 4.69) is 0 Å². The fourth-order valence-corrected chi connectivity index (χ4v) is 2.06. The van der Waals surface area contributed by atoms with E-state index in [1.165, 1.54) is 12.1 Å². The lowest BCUT2D eigenvalue weighted by Gasteiger charge is -2.32. The van der Waals surface area contributed by atoms with Crippen molar-refractivity contribution in [1.82, 2.24) is 0 Å². The van der Waals surface area contributed by atoms with Gasteiger partial charge in [-0.25, -0.2) is 4.79 Å². The fraction of sp³-hybridized carbons (Fsp3) is 0.333. The third kappa shape index (κ3) is 2.55. The molecule has 18 heavy (non-hydrogen) atoms. The van der Waals surface area contributed by atoms with Gasteiger partial charge in [0.25, 0.3) is 0 Å². The Hall–Kier alpha value is -1.77. The average molecular weight is 267 g/mol. The van der Waals surface area contributed by atoms with Crippen LogP contribution >= 0.6 is 11.6 Å². The van der Waals surface area contributed by atoms with E-state index in [1.54, 1.807) is 6.07 Å². The Morgan fingerprint density at radius 2 is 2.39 bits per heavy atom. The van der Waals surface area contributed by atoms with Crippen molar-refractivity contribution >= 4 is 23.3 Å². The lowest BCUT2D eigenvalue weighted by atomic mass is 10.1. The lowest BCUT2D eigenvalue weighted by molar-refractivity contribution is 0.0688. The molecule has 0 saturated carbocycles. The van der Waals surface area contributed by atoms with Gasteiger partial charge in [-0.3, -0.25) is 0 Å². The van der Waals surface area contributed by atoms with Crippen LogP contribution in [0.3, 0.4) is 0 Å². The zero-order chi connectivity index (χ0) is 13.1. The zero-order valence-corrected chi connectivity index (χ0v) is 10.2. The lowest BCUT2D eigenvalue weighted by Crippen LogP contribution is -2.42. The van der Waals surface area contributed by atoms with Crippen molar-refractivity contribution in [2.45, 2.75) is 6.10 Å². The number of carboxylic acid groups (broad SMARTS) is 1. The first kappa shape index (κ1) is 12.7. The van der Waals surface area contributed by atoms with Crippen LogP contribution in [0.25, 0.3) is 0 Å². The van der Waals surface area contributed by atoms with Crippen molar-refractivity contribution in [2.24, 2.45) is 0 Å². The molecule has 1 aliphatic heterocycles. The van der Waals surface area contributed by atoms with Gasteiger partial charge < -0.3 is 14.7 Å². The van der Waals surface area contributed by atoms with Crippen molar-refractivity contribution in [3.8, 4) is 6.07 Å². The molecule has 0 aromatic heterocycles. The largest absolute Gasteiger partial charge is 0.478 e. The first-order chi connectivity index (χ1) is 8.61. The van der Waals surface area contributed by atoms with Gasteiger partial charge in [-0.15, -0.1) is 0 Å². The summed E-state index contributed by atoms with van der Waals surface area (Å²) in [6, 6.07) is 6.63. The highest BCUT2D eigenvalue weighted by Gasteiger charge is 2.23. The number of benzene rings is 1. The second-order valence-electron chi connectivity index (χ2n) is 3.90. The monoisotopic (exact) mass is 266 g/mol. The minimum atomic E-state index is -1.01. The van der Waals surface area contributed by atoms with Crippen LogP contribution in [0.1, 0.15) is 10.4 Å². The fourth-order valence-electron chi connectivity index (χ4n) is 1.89. The molecular weight excluding hydrogens is 256 g/mol. The van der Waals surface area contributed by atoms with Gasteiger partial charge in [0, 0.05) is 11.6 Å². The van der Waals surface area contributed by atoms with Crippen molar-refractivity contribution in [3.05, 3.63) is 28.8 Å². The summed E-state index contributed by atoms with van der Waals surface area (Å²) in [5.74, 6) is -1.01.